The van der Waals surface area contributed by atoms with Crippen LogP contribution in [0.15, 0.2) is 97.1 Å². The highest BCUT2D eigenvalue weighted by Gasteiger charge is 2.25. The van der Waals surface area contributed by atoms with Gasteiger partial charge in [0.15, 0.2) is 5.78 Å². The zero-order chi connectivity index (χ0) is 40.0. The molecule has 0 aromatic heterocycles. The first kappa shape index (κ1) is 41.1. The van der Waals surface area contributed by atoms with Crippen LogP contribution in [0.2, 0.25) is 0 Å². The standard InChI is InChI=1S/C22H25FN2O4.C22H25FN2O3/c23-18-3-5-19(6-4-18)25-13-11-24(12-14-25)15-16-29-20-7-1-17(2-8-20)21(26)9-10-22(27)28;23-18-3-5-19(6-4-18)25-13-11-24(12-14-25)15-16-27-20-7-1-17(2-8-20)21-9-10-22(26)28-21/h1-8H,9-16H2,(H,27,28);1-8,21H,9-16H2. The maximum Gasteiger partial charge on any atom is 0.306 e. The van der Waals surface area contributed by atoms with Crippen LogP contribution in [-0.4, -0.2) is 111 Å². The number of carbonyl (C=O) groups is 3. The molecular formula is C44H50F2N4O7. The lowest BCUT2D eigenvalue weighted by atomic mass is 10.1. The highest BCUT2D eigenvalue weighted by atomic mass is 19.1. The smallest absolute Gasteiger partial charge is 0.306 e. The van der Waals surface area contributed by atoms with Crippen LogP contribution in [0.25, 0.3) is 0 Å². The number of carbonyl (C=O) groups excluding carboxylic acids is 2. The highest BCUT2D eigenvalue weighted by molar-refractivity contribution is 5.97. The Labute approximate surface area is 332 Å². The van der Waals surface area contributed by atoms with Gasteiger partial charge in [-0.3, -0.25) is 24.2 Å². The lowest BCUT2D eigenvalue weighted by Gasteiger charge is -2.36. The molecule has 0 bridgehead atoms. The zero-order valence-corrected chi connectivity index (χ0v) is 32.1. The maximum absolute atomic E-state index is 13.1. The molecule has 4 aromatic rings. The van der Waals surface area contributed by atoms with Crippen molar-refractivity contribution in [2.24, 2.45) is 0 Å². The maximum atomic E-state index is 13.1. The largest absolute Gasteiger partial charge is 0.492 e. The van der Waals surface area contributed by atoms with Crippen molar-refractivity contribution in [2.45, 2.75) is 31.8 Å². The van der Waals surface area contributed by atoms with Crippen molar-refractivity contribution in [2.75, 3.05) is 88.5 Å². The van der Waals surface area contributed by atoms with Crippen LogP contribution in [0.1, 0.15) is 47.7 Å². The highest BCUT2D eigenvalue weighted by Crippen LogP contribution is 2.30. The monoisotopic (exact) mass is 784 g/mol. The molecule has 0 amide bonds. The van der Waals surface area contributed by atoms with E-state index in [1.807, 2.05) is 48.5 Å². The lowest BCUT2D eigenvalue weighted by molar-refractivity contribution is -0.141. The predicted molar refractivity (Wildman–Crippen MR) is 213 cm³/mol. The van der Waals surface area contributed by atoms with Crippen molar-refractivity contribution in [1.29, 1.82) is 0 Å². The van der Waals surface area contributed by atoms with Crippen LogP contribution >= 0.6 is 0 Å². The molecule has 0 radical (unpaired) electrons. The number of cyclic esters (lactones) is 1. The summed E-state index contributed by atoms with van der Waals surface area (Å²) >= 11 is 0. The summed E-state index contributed by atoms with van der Waals surface area (Å²) < 4.78 is 43.0. The van der Waals surface area contributed by atoms with E-state index in [1.165, 1.54) is 24.3 Å². The van der Waals surface area contributed by atoms with Crippen molar-refractivity contribution in [3.8, 4) is 11.5 Å². The molecule has 302 valence electrons. The van der Waals surface area contributed by atoms with Gasteiger partial charge < -0.3 is 29.1 Å². The van der Waals surface area contributed by atoms with Crippen LogP contribution in [-0.2, 0) is 14.3 Å². The molecule has 3 aliphatic heterocycles. The molecule has 0 aliphatic carbocycles. The second kappa shape index (κ2) is 20.6. The van der Waals surface area contributed by atoms with Gasteiger partial charge in [0.05, 0.1) is 6.42 Å². The fraction of sp³-hybridized carbons (Fsp3) is 0.386. The molecule has 3 fully saturated rings. The number of piperazine rings is 2. The van der Waals surface area contributed by atoms with Gasteiger partial charge in [-0.2, -0.15) is 0 Å². The fourth-order valence-electron chi connectivity index (χ4n) is 6.99. The molecule has 0 saturated carbocycles. The molecule has 1 N–H and O–H groups in total. The third-order valence-corrected chi connectivity index (χ3v) is 10.4. The first-order valence-electron chi connectivity index (χ1n) is 19.5. The Kier molecular flexibility index (Phi) is 14.8. The molecule has 13 heteroatoms. The Morgan fingerprint density at radius 2 is 1.09 bits per heavy atom. The van der Waals surface area contributed by atoms with E-state index in [0.29, 0.717) is 30.9 Å². The van der Waals surface area contributed by atoms with Crippen molar-refractivity contribution in [3.63, 3.8) is 0 Å². The van der Waals surface area contributed by atoms with Gasteiger partial charge in [0.1, 0.15) is 42.5 Å². The second-order valence-corrected chi connectivity index (χ2v) is 14.2. The van der Waals surface area contributed by atoms with E-state index in [2.05, 4.69) is 19.6 Å². The van der Waals surface area contributed by atoms with Gasteiger partial charge in [0.25, 0.3) is 0 Å². The van der Waals surface area contributed by atoms with E-state index in [4.69, 9.17) is 19.3 Å². The SMILES string of the molecule is O=C(O)CCC(=O)c1ccc(OCCN2CCN(c3ccc(F)cc3)CC2)cc1.O=C1CCC(c2ccc(OCCN3CCN(c4ccc(F)cc4)CC3)cc2)O1. The van der Waals surface area contributed by atoms with Crippen molar-refractivity contribution >= 4 is 29.1 Å². The number of nitrogens with zero attached hydrogens (tertiary/aromatic N) is 4. The van der Waals surface area contributed by atoms with E-state index in [0.717, 1.165) is 94.6 Å². The Bertz CT molecular complexity index is 1880. The minimum absolute atomic E-state index is 0.000559. The van der Waals surface area contributed by atoms with Gasteiger partial charge in [-0.05, 0) is 96.9 Å². The number of aliphatic carboxylic acids is 1. The third-order valence-electron chi connectivity index (χ3n) is 10.4. The molecule has 0 spiro atoms. The predicted octanol–water partition coefficient (Wildman–Crippen LogP) is 6.48. The van der Waals surface area contributed by atoms with Gasteiger partial charge in [-0.25, -0.2) is 8.78 Å². The van der Waals surface area contributed by atoms with Crippen LogP contribution in [0, 0.1) is 11.6 Å². The minimum Gasteiger partial charge on any atom is -0.492 e. The Hall–Kier alpha value is -5.53. The summed E-state index contributed by atoms with van der Waals surface area (Å²) in [4.78, 5) is 42.9. The molecule has 3 aliphatic rings. The molecule has 11 nitrogen and oxygen atoms in total. The van der Waals surface area contributed by atoms with E-state index in [9.17, 15) is 23.2 Å². The average Bonchev–Trinajstić information content (AvgIpc) is 3.68. The molecule has 7 rings (SSSR count). The normalized spacial score (nSPS) is 17.4. The Morgan fingerprint density at radius 1 is 0.632 bits per heavy atom. The summed E-state index contributed by atoms with van der Waals surface area (Å²) in [5, 5.41) is 8.65. The number of hydrogen-bond acceptors (Lipinski definition) is 10. The molecule has 57 heavy (non-hydrogen) atoms. The first-order valence-corrected chi connectivity index (χ1v) is 19.5. The topological polar surface area (TPSA) is 112 Å². The van der Waals surface area contributed by atoms with Crippen LogP contribution in [0.3, 0.4) is 0 Å². The van der Waals surface area contributed by atoms with E-state index in [-0.39, 0.29) is 42.3 Å². The molecule has 3 heterocycles. The molecule has 3 saturated heterocycles. The van der Waals surface area contributed by atoms with E-state index >= 15 is 0 Å². The van der Waals surface area contributed by atoms with Gasteiger partial charge in [-0.15, -0.1) is 0 Å². The van der Waals surface area contributed by atoms with Crippen molar-refractivity contribution in [3.05, 3.63) is 120 Å². The summed E-state index contributed by atoms with van der Waals surface area (Å²) in [7, 11) is 0. The zero-order valence-electron chi connectivity index (χ0n) is 32.1. The number of hydrogen-bond donors (Lipinski definition) is 1. The number of halogens is 2. The van der Waals surface area contributed by atoms with Crippen LogP contribution < -0.4 is 19.3 Å². The summed E-state index contributed by atoms with van der Waals surface area (Å²) in [5.41, 5.74) is 3.64. The third kappa shape index (κ3) is 12.7. The minimum atomic E-state index is -0.975. The average molecular weight is 785 g/mol. The summed E-state index contributed by atoms with van der Waals surface area (Å²) in [6.45, 7) is 10.3. The number of carboxylic acids is 1. The quantitative estimate of drug-likeness (QED) is 0.106. The number of carboxylic acid groups (broad SMARTS) is 1. The summed E-state index contributed by atoms with van der Waals surface area (Å²) in [6.07, 6.45) is 0.976. The number of anilines is 2. The number of ether oxygens (including phenoxy) is 3. The van der Waals surface area contributed by atoms with Gasteiger partial charge in [0, 0.05) is 95.2 Å². The number of esters is 1. The van der Waals surface area contributed by atoms with Crippen molar-refractivity contribution in [1.82, 2.24) is 9.80 Å². The number of rotatable bonds is 15. The van der Waals surface area contributed by atoms with Gasteiger partial charge >= 0.3 is 11.9 Å². The summed E-state index contributed by atoms with van der Waals surface area (Å²) in [5.74, 6) is -0.179. The fourth-order valence-corrected chi connectivity index (χ4v) is 6.99. The number of benzene rings is 4. The lowest BCUT2D eigenvalue weighted by Crippen LogP contribution is -2.47. The Morgan fingerprint density at radius 3 is 1.51 bits per heavy atom. The van der Waals surface area contributed by atoms with E-state index < -0.39 is 5.97 Å². The number of ketones is 1. The second-order valence-electron chi connectivity index (χ2n) is 14.2. The van der Waals surface area contributed by atoms with Crippen molar-refractivity contribution < 1.29 is 42.5 Å². The van der Waals surface area contributed by atoms with Crippen LogP contribution in [0.4, 0.5) is 20.2 Å². The number of Topliss-reactive ketones (excluding diaryl/α,β-unsaturated/α-hetero) is 1. The van der Waals surface area contributed by atoms with Gasteiger partial charge in [0.2, 0.25) is 0 Å². The van der Waals surface area contributed by atoms with E-state index in [1.54, 1.807) is 24.3 Å². The van der Waals surface area contributed by atoms with Gasteiger partial charge in [-0.1, -0.05) is 12.1 Å². The first-order chi connectivity index (χ1) is 27.7. The molecule has 4 aromatic carbocycles. The molecular weight excluding hydrogens is 735 g/mol. The Balaban J connectivity index is 0.000000193. The molecule has 1 atom stereocenters. The molecule has 1 unspecified atom stereocenters. The summed E-state index contributed by atoms with van der Waals surface area (Å²) in [6, 6.07) is 27.9. The van der Waals surface area contributed by atoms with Crippen LogP contribution in [0.5, 0.6) is 11.5 Å².